The fraction of sp³-hybridized carbons (Fsp3) is 0.385. The average Bonchev–Trinajstić information content (AvgIpc) is 2.57. The molecule has 2 aromatic rings. The molecule has 0 aliphatic rings. The summed E-state index contributed by atoms with van der Waals surface area (Å²) in [5.41, 5.74) is 2.09. The van der Waals surface area contributed by atoms with Crippen LogP contribution in [-0.2, 0) is 6.54 Å². The first-order chi connectivity index (χ1) is 7.72. The summed E-state index contributed by atoms with van der Waals surface area (Å²) in [5, 5.41) is 5.21. The largest absolute Gasteiger partial charge is 0.459 e. The first kappa shape index (κ1) is 11.5. The van der Waals surface area contributed by atoms with Crippen LogP contribution in [0.15, 0.2) is 22.6 Å². The van der Waals surface area contributed by atoms with Gasteiger partial charge in [-0.1, -0.05) is 18.5 Å². The fourth-order valence-electron chi connectivity index (χ4n) is 1.79. The first-order valence-corrected chi connectivity index (χ1v) is 5.98. The Bertz CT molecular complexity index is 490. The highest BCUT2D eigenvalue weighted by Gasteiger charge is 2.09. The molecular formula is C13H16ClNO. The second-order valence-electron chi connectivity index (χ2n) is 3.97. The van der Waals surface area contributed by atoms with Crippen LogP contribution in [0.1, 0.15) is 24.7 Å². The van der Waals surface area contributed by atoms with Crippen molar-refractivity contribution in [2.24, 2.45) is 0 Å². The molecule has 2 nitrogen and oxygen atoms in total. The lowest BCUT2D eigenvalue weighted by Crippen LogP contribution is -2.13. The molecule has 1 heterocycles. The number of benzene rings is 1. The SMILES string of the molecule is CCCNCc1oc2ccc(Cl)cc2c1C. The van der Waals surface area contributed by atoms with Gasteiger partial charge in [-0.05, 0) is 43.7 Å². The highest BCUT2D eigenvalue weighted by molar-refractivity contribution is 6.31. The number of fused-ring (bicyclic) bond motifs is 1. The molecule has 0 unspecified atom stereocenters. The Hall–Kier alpha value is -0.990. The van der Waals surface area contributed by atoms with Crippen LogP contribution in [0.4, 0.5) is 0 Å². The van der Waals surface area contributed by atoms with Crippen molar-refractivity contribution < 1.29 is 4.42 Å². The third kappa shape index (κ3) is 2.23. The van der Waals surface area contributed by atoms with Crippen molar-refractivity contribution in [1.82, 2.24) is 5.32 Å². The lowest BCUT2D eigenvalue weighted by atomic mass is 10.1. The molecule has 0 spiro atoms. The summed E-state index contributed by atoms with van der Waals surface area (Å²) in [5.74, 6) is 1.01. The maximum absolute atomic E-state index is 5.97. The van der Waals surface area contributed by atoms with Gasteiger partial charge in [0, 0.05) is 10.4 Å². The molecule has 16 heavy (non-hydrogen) atoms. The van der Waals surface area contributed by atoms with Crippen LogP contribution in [0, 0.1) is 6.92 Å². The molecule has 1 aromatic heterocycles. The normalized spacial score (nSPS) is 11.2. The van der Waals surface area contributed by atoms with Gasteiger partial charge in [-0.15, -0.1) is 0 Å². The molecule has 0 aliphatic heterocycles. The Morgan fingerprint density at radius 1 is 1.38 bits per heavy atom. The zero-order valence-electron chi connectivity index (χ0n) is 9.64. The predicted octanol–water partition coefficient (Wildman–Crippen LogP) is 3.89. The van der Waals surface area contributed by atoms with E-state index in [9.17, 15) is 0 Å². The lowest BCUT2D eigenvalue weighted by molar-refractivity contribution is 0.510. The second-order valence-corrected chi connectivity index (χ2v) is 4.40. The molecular weight excluding hydrogens is 222 g/mol. The van der Waals surface area contributed by atoms with Crippen molar-refractivity contribution in [3.05, 3.63) is 34.5 Å². The molecule has 0 saturated heterocycles. The van der Waals surface area contributed by atoms with E-state index in [0.29, 0.717) is 0 Å². The minimum Gasteiger partial charge on any atom is -0.459 e. The average molecular weight is 238 g/mol. The number of hydrogen-bond acceptors (Lipinski definition) is 2. The summed E-state index contributed by atoms with van der Waals surface area (Å²) in [6, 6.07) is 5.74. The van der Waals surface area contributed by atoms with Gasteiger partial charge < -0.3 is 9.73 Å². The lowest BCUT2D eigenvalue weighted by Gasteiger charge is -2.00. The molecule has 0 fully saturated rings. The highest BCUT2D eigenvalue weighted by Crippen LogP contribution is 2.27. The molecule has 1 N–H and O–H groups in total. The predicted molar refractivity (Wildman–Crippen MR) is 68.0 cm³/mol. The quantitative estimate of drug-likeness (QED) is 0.816. The van der Waals surface area contributed by atoms with Gasteiger partial charge >= 0.3 is 0 Å². The zero-order chi connectivity index (χ0) is 11.5. The van der Waals surface area contributed by atoms with Gasteiger partial charge in [0.15, 0.2) is 0 Å². The smallest absolute Gasteiger partial charge is 0.134 e. The van der Waals surface area contributed by atoms with Crippen LogP contribution < -0.4 is 5.32 Å². The zero-order valence-corrected chi connectivity index (χ0v) is 10.4. The van der Waals surface area contributed by atoms with E-state index in [2.05, 4.69) is 19.2 Å². The van der Waals surface area contributed by atoms with Crippen LogP contribution in [0.25, 0.3) is 11.0 Å². The van der Waals surface area contributed by atoms with E-state index in [4.69, 9.17) is 16.0 Å². The summed E-state index contributed by atoms with van der Waals surface area (Å²) < 4.78 is 5.78. The van der Waals surface area contributed by atoms with Crippen LogP contribution in [0.5, 0.6) is 0 Å². The van der Waals surface area contributed by atoms with Crippen LogP contribution in [-0.4, -0.2) is 6.54 Å². The molecule has 0 amide bonds. The topological polar surface area (TPSA) is 25.2 Å². The molecule has 0 radical (unpaired) electrons. The third-order valence-corrected chi connectivity index (χ3v) is 2.94. The van der Waals surface area contributed by atoms with Gasteiger partial charge in [0.2, 0.25) is 0 Å². The third-order valence-electron chi connectivity index (χ3n) is 2.71. The summed E-state index contributed by atoms with van der Waals surface area (Å²) in [6.45, 7) is 6.02. The number of nitrogens with one attached hydrogen (secondary N) is 1. The molecule has 0 saturated carbocycles. The van der Waals surface area contributed by atoms with E-state index in [1.54, 1.807) is 0 Å². The molecule has 1 aromatic carbocycles. The monoisotopic (exact) mass is 237 g/mol. The van der Waals surface area contributed by atoms with Gasteiger partial charge in [0.25, 0.3) is 0 Å². The van der Waals surface area contributed by atoms with E-state index in [1.807, 2.05) is 18.2 Å². The van der Waals surface area contributed by atoms with Crippen molar-refractivity contribution in [2.45, 2.75) is 26.8 Å². The number of furan rings is 1. The van der Waals surface area contributed by atoms with Crippen molar-refractivity contribution >= 4 is 22.6 Å². The maximum atomic E-state index is 5.97. The standard InChI is InChI=1S/C13H16ClNO/c1-3-6-15-8-13-9(2)11-7-10(14)4-5-12(11)16-13/h4-5,7,15H,3,6,8H2,1-2H3. The van der Waals surface area contributed by atoms with Gasteiger partial charge in [-0.25, -0.2) is 0 Å². The van der Waals surface area contributed by atoms with Crippen molar-refractivity contribution in [1.29, 1.82) is 0 Å². The van der Waals surface area contributed by atoms with Crippen LogP contribution >= 0.6 is 11.6 Å². The minimum atomic E-state index is 0.754. The summed E-state index contributed by atoms with van der Waals surface area (Å²) in [7, 11) is 0. The molecule has 3 heteroatoms. The number of hydrogen-bond donors (Lipinski definition) is 1. The maximum Gasteiger partial charge on any atom is 0.134 e. The van der Waals surface area contributed by atoms with E-state index >= 15 is 0 Å². The number of rotatable bonds is 4. The Morgan fingerprint density at radius 2 is 2.19 bits per heavy atom. The Balaban J connectivity index is 2.29. The molecule has 0 aliphatic carbocycles. The van der Waals surface area contributed by atoms with Gasteiger partial charge in [0.1, 0.15) is 11.3 Å². The van der Waals surface area contributed by atoms with Crippen LogP contribution in [0.2, 0.25) is 5.02 Å². The number of halogens is 1. The second kappa shape index (κ2) is 4.89. The molecule has 86 valence electrons. The van der Waals surface area contributed by atoms with Gasteiger partial charge in [-0.3, -0.25) is 0 Å². The van der Waals surface area contributed by atoms with E-state index in [1.165, 1.54) is 5.56 Å². The molecule has 0 bridgehead atoms. The van der Waals surface area contributed by atoms with Crippen molar-refractivity contribution in [3.63, 3.8) is 0 Å². The van der Waals surface area contributed by atoms with Gasteiger partial charge in [-0.2, -0.15) is 0 Å². The summed E-state index contributed by atoms with van der Waals surface area (Å²) >= 11 is 5.97. The Labute approximate surface area is 101 Å². The van der Waals surface area contributed by atoms with Gasteiger partial charge in [0.05, 0.1) is 6.54 Å². The van der Waals surface area contributed by atoms with Crippen molar-refractivity contribution in [3.8, 4) is 0 Å². The molecule has 2 rings (SSSR count). The highest BCUT2D eigenvalue weighted by atomic mass is 35.5. The van der Waals surface area contributed by atoms with E-state index in [-0.39, 0.29) is 0 Å². The van der Waals surface area contributed by atoms with Crippen LogP contribution in [0.3, 0.4) is 0 Å². The molecule has 0 atom stereocenters. The Kier molecular flexibility index (Phi) is 3.52. The minimum absolute atomic E-state index is 0.754. The van der Waals surface area contributed by atoms with E-state index < -0.39 is 0 Å². The first-order valence-electron chi connectivity index (χ1n) is 5.60. The van der Waals surface area contributed by atoms with E-state index in [0.717, 1.165) is 41.3 Å². The fourth-order valence-corrected chi connectivity index (χ4v) is 1.96. The van der Waals surface area contributed by atoms with Crippen molar-refractivity contribution in [2.75, 3.05) is 6.54 Å². The number of aryl methyl sites for hydroxylation is 1. The summed E-state index contributed by atoms with van der Waals surface area (Å²) in [4.78, 5) is 0. The Morgan fingerprint density at radius 3 is 2.94 bits per heavy atom. The summed E-state index contributed by atoms with van der Waals surface area (Å²) in [6.07, 6.45) is 1.13.